The minimum atomic E-state index is -0.865. The van der Waals surface area contributed by atoms with Gasteiger partial charge in [0, 0.05) is 17.7 Å². The zero-order chi connectivity index (χ0) is 17.5. The lowest BCUT2D eigenvalue weighted by molar-refractivity contribution is -0.0517. The van der Waals surface area contributed by atoms with Gasteiger partial charge in [0.1, 0.15) is 23.7 Å². The summed E-state index contributed by atoms with van der Waals surface area (Å²) in [5, 5.41) is 11.0. The molecule has 0 saturated heterocycles. The van der Waals surface area contributed by atoms with Crippen molar-refractivity contribution in [2.24, 2.45) is 5.92 Å². The minimum absolute atomic E-state index is 0.354. The topological polar surface area (TPSA) is 47.9 Å². The molecule has 0 aliphatic carbocycles. The Bertz CT molecular complexity index is 639. The molecular formula is C20H26O4. The third-order valence-corrected chi connectivity index (χ3v) is 3.80. The molecule has 2 atom stereocenters. The molecule has 0 heterocycles. The number of rotatable bonds is 8. The molecule has 2 aromatic carbocycles. The maximum Gasteiger partial charge on any atom is 0.124 e. The number of methoxy groups -OCH3 is 2. The van der Waals surface area contributed by atoms with Gasteiger partial charge in [0.05, 0.1) is 14.2 Å². The van der Waals surface area contributed by atoms with Gasteiger partial charge >= 0.3 is 0 Å². The van der Waals surface area contributed by atoms with E-state index in [2.05, 4.69) is 13.8 Å². The number of aliphatic hydroxyl groups is 1. The Kier molecular flexibility index (Phi) is 6.64. The second-order valence-electron chi connectivity index (χ2n) is 6.08. The number of aliphatic hydroxyl groups excluding tert-OH is 1. The van der Waals surface area contributed by atoms with Gasteiger partial charge in [-0.3, -0.25) is 0 Å². The highest BCUT2D eigenvalue weighted by Gasteiger charge is 2.28. The maximum absolute atomic E-state index is 11.0. The lowest BCUT2D eigenvalue weighted by Crippen LogP contribution is -2.18. The fourth-order valence-electron chi connectivity index (χ4n) is 2.62. The van der Waals surface area contributed by atoms with Crippen LogP contribution in [0, 0.1) is 5.92 Å². The van der Waals surface area contributed by atoms with Gasteiger partial charge < -0.3 is 19.3 Å². The van der Waals surface area contributed by atoms with E-state index in [1.54, 1.807) is 14.2 Å². The highest BCUT2D eigenvalue weighted by atomic mass is 16.5. The van der Waals surface area contributed by atoms with E-state index in [1.165, 1.54) is 0 Å². The Labute approximate surface area is 144 Å². The van der Waals surface area contributed by atoms with Crippen LogP contribution in [0.3, 0.4) is 0 Å². The number of hydrogen-bond donors (Lipinski definition) is 1. The van der Waals surface area contributed by atoms with Crippen LogP contribution in [0.4, 0.5) is 0 Å². The molecule has 0 spiro atoms. The van der Waals surface area contributed by atoms with Crippen molar-refractivity contribution in [2.75, 3.05) is 20.8 Å². The molecule has 0 fully saturated rings. The van der Waals surface area contributed by atoms with Crippen LogP contribution in [0.15, 0.2) is 48.5 Å². The summed E-state index contributed by atoms with van der Waals surface area (Å²) >= 11 is 0. The molecule has 0 radical (unpaired) electrons. The Morgan fingerprint density at radius 3 is 1.88 bits per heavy atom. The summed E-state index contributed by atoms with van der Waals surface area (Å²) in [6.07, 6.45) is -1.41. The highest BCUT2D eigenvalue weighted by molar-refractivity contribution is 5.40. The molecule has 0 aromatic heterocycles. The highest BCUT2D eigenvalue weighted by Crippen LogP contribution is 2.40. The summed E-state index contributed by atoms with van der Waals surface area (Å²) in [6, 6.07) is 15.0. The van der Waals surface area contributed by atoms with Crippen molar-refractivity contribution in [2.45, 2.75) is 26.1 Å². The lowest BCUT2D eigenvalue weighted by atomic mass is 9.96. The van der Waals surface area contributed by atoms with Gasteiger partial charge in [-0.1, -0.05) is 50.2 Å². The number of para-hydroxylation sites is 2. The van der Waals surface area contributed by atoms with E-state index in [9.17, 15) is 5.11 Å². The normalized spacial score (nSPS) is 13.6. The monoisotopic (exact) mass is 330 g/mol. The fraction of sp³-hybridized carbons (Fsp3) is 0.400. The average molecular weight is 330 g/mol. The Morgan fingerprint density at radius 1 is 0.833 bits per heavy atom. The van der Waals surface area contributed by atoms with E-state index in [0.29, 0.717) is 29.6 Å². The summed E-state index contributed by atoms with van der Waals surface area (Å²) in [5.74, 6) is 1.69. The van der Waals surface area contributed by atoms with Gasteiger partial charge in [-0.25, -0.2) is 0 Å². The third kappa shape index (κ3) is 4.28. The molecule has 130 valence electrons. The summed E-state index contributed by atoms with van der Waals surface area (Å²) in [4.78, 5) is 0. The number of hydrogen-bond acceptors (Lipinski definition) is 4. The van der Waals surface area contributed by atoms with Gasteiger partial charge in [0.2, 0.25) is 0 Å². The molecule has 2 aromatic rings. The molecule has 2 rings (SSSR count). The second kappa shape index (κ2) is 8.71. The first kappa shape index (κ1) is 18.3. The molecule has 4 nitrogen and oxygen atoms in total. The number of benzene rings is 2. The number of ether oxygens (including phenoxy) is 3. The maximum atomic E-state index is 11.0. The first-order valence-corrected chi connectivity index (χ1v) is 8.14. The van der Waals surface area contributed by atoms with Crippen LogP contribution >= 0.6 is 0 Å². The van der Waals surface area contributed by atoms with Crippen molar-refractivity contribution in [1.29, 1.82) is 0 Å². The lowest BCUT2D eigenvalue weighted by Gasteiger charge is -2.27. The van der Waals surface area contributed by atoms with Crippen molar-refractivity contribution >= 4 is 0 Å². The molecule has 4 heteroatoms. The summed E-state index contributed by atoms with van der Waals surface area (Å²) in [7, 11) is 3.21. The Balaban J connectivity index is 2.41. The van der Waals surface area contributed by atoms with Crippen LogP contribution in [0.5, 0.6) is 11.5 Å². The van der Waals surface area contributed by atoms with E-state index in [1.807, 2.05) is 48.5 Å². The molecule has 0 bridgehead atoms. The molecule has 1 N–H and O–H groups in total. The molecule has 0 saturated carbocycles. The van der Waals surface area contributed by atoms with Crippen LogP contribution < -0.4 is 9.47 Å². The smallest absolute Gasteiger partial charge is 0.124 e. The van der Waals surface area contributed by atoms with E-state index >= 15 is 0 Å². The van der Waals surface area contributed by atoms with Gasteiger partial charge in [-0.15, -0.1) is 0 Å². The van der Waals surface area contributed by atoms with Crippen LogP contribution in [-0.4, -0.2) is 25.9 Å². The van der Waals surface area contributed by atoms with Gasteiger partial charge in [0.15, 0.2) is 0 Å². The quantitative estimate of drug-likeness (QED) is 0.790. The third-order valence-electron chi connectivity index (χ3n) is 3.80. The van der Waals surface area contributed by atoms with Crippen molar-refractivity contribution in [3.05, 3.63) is 59.7 Å². The zero-order valence-electron chi connectivity index (χ0n) is 14.7. The average Bonchev–Trinajstić information content (AvgIpc) is 2.61. The van der Waals surface area contributed by atoms with Gasteiger partial charge in [-0.05, 0) is 18.1 Å². The van der Waals surface area contributed by atoms with E-state index in [4.69, 9.17) is 14.2 Å². The first-order chi connectivity index (χ1) is 11.6. The molecular weight excluding hydrogens is 304 g/mol. The summed E-state index contributed by atoms with van der Waals surface area (Å²) < 4.78 is 16.9. The summed E-state index contributed by atoms with van der Waals surface area (Å²) in [6.45, 7) is 4.69. The SMILES string of the molecule is COc1ccccc1[C@@H](OCC(C)C)[C@@H](O)c1ccccc1OC. The van der Waals surface area contributed by atoms with Gasteiger partial charge in [0.25, 0.3) is 0 Å². The molecule has 0 aliphatic heterocycles. The fourth-order valence-corrected chi connectivity index (χ4v) is 2.62. The predicted octanol–water partition coefficient (Wildman–Crippen LogP) is 4.15. The molecule has 24 heavy (non-hydrogen) atoms. The van der Waals surface area contributed by atoms with Crippen molar-refractivity contribution in [1.82, 2.24) is 0 Å². The molecule has 0 aliphatic rings. The predicted molar refractivity (Wildman–Crippen MR) is 94.5 cm³/mol. The Morgan fingerprint density at radius 2 is 1.33 bits per heavy atom. The van der Waals surface area contributed by atoms with Gasteiger partial charge in [-0.2, -0.15) is 0 Å². The van der Waals surface area contributed by atoms with Crippen molar-refractivity contribution < 1.29 is 19.3 Å². The minimum Gasteiger partial charge on any atom is -0.496 e. The largest absolute Gasteiger partial charge is 0.496 e. The van der Waals surface area contributed by atoms with E-state index in [0.717, 1.165) is 5.56 Å². The van der Waals surface area contributed by atoms with Crippen LogP contribution in [-0.2, 0) is 4.74 Å². The van der Waals surface area contributed by atoms with E-state index in [-0.39, 0.29) is 0 Å². The van der Waals surface area contributed by atoms with Crippen LogP contribution in [0.25, 0.3) is 0 Å². The Hall–Kier alpha value is -2.04. The van der Waals surface area contributed by atoms with Crippen LogP contribution in [0.1, 0.15) is 37.2 Å². The first-order valence-electron chi connectivity index (χ1n) is 8.14. The van der Waals surface area contributed by atoms with Crippen molar-refractivity contribution in [3.63, 3.8) is 0 Å². The standard InChI is InChI=1S/C20H26O4/c1-14(2)13-24-20(16-10-6-8-12-18(16)23-4)19(21)15-9-5-7-11-17(15)22-3/h5-12,14,19-21H,13H2,1-4H3/t19-,20+/m0/s1. The van der Waals surface area contributed by atoms with Crippen molar-refractivity contribution in [3.8, 4) is 11.5 Å². The zero-order valence-corrected chi connectivity index (χ0v) is 14.7. The second-order valence-corrected chi connectivity index (χ2v) is 6.08. The van der Waals surface area contributed by atoms with Crippen LogP contribution in [0.2, 0.25) is 0 Å². The summed E-state index contributed by atoms with van der Waals surface area (Å²) in [5.41, 5.74) is 1.51. The molecule has 0 unspecified atom stereocenters. The van der Waals surface area contributed by atoms with E-state index < -0.39 is 12.2 Å². The molecule has 0 amide bonds.